The number of rotatable bonds is 14. The first-order chi connectivity index (χ1) is 19.8. The summed E-state index contributed by atoms with van der Waals surface area (Å²) in [4.78, 5) is 22.4. The van der Waals surface area contributed by atoms with Crippen LogP contribution in [0.25, 0.3) is 23.1 Å². The van der Waals surface area contributed by atoms with Crippen molar-refractivity contribution in [2.45, 2.75) is 25.8 Å². The highest BCUT2D eigenvalue weighted by molar-refractivity contribution is 6.30. The van der Waals surface area contributed by atoms with Crippen LogP contribution in [0, 0.1) is 5.82 Å². The third-order valence-electron chi connectivity index (χ3n) is 6.23. The molecule has 1 aromatic heterocycles. The van der Waals surface area contributed by atoms with E-state index in [1.807, 2.05) is 54.6 Å². The van der Waals surface area contributed by atoms with Crippen molar-refractivity contribution in [1.82, 2.24) is 4.57 Å². The standard InChI is InChI=1S/C32H29ClFNO6/c33-25-13-16-29(28(34)19-25)41-18-2-1-17-40-26-14-10-22(11-15-26)9-12-23-5-3-7-27-24(6-4-8-30(36)37)20-35(32(23)27)21-31(38)39/h1-3,5,7,9-16,19-20H,4,6,8,17-18,21H2,(H,36,37)(H,38,39)/b2-1+,12-9+. The van der Waals surface area contributed by atoms with E-state index in [4.69, 9.17) is 26.2 Å². The number of aliphatic carboxylic acids is 2. The van der Waals surface area contributed by atoms with Gasteiger partial charge in [0.2, 0.25) is 0 Å². The fourth-order valence-corrected chi connectivity index (χ4v) is 4.53. The first-order valence-electron chi connectivity index (χ1n) is 13.0. The molecule has 2 N–H and O–H groups in total. The molecule has 0 unspecified atom stereocenters. The first-order valence-corrected chi connectivity index (χ1v) is 13.4. The predicted octanol–water partition coefficient (Wildman–Crippen LogP) is 7.11. The molecule has 0 aliphatic rings. The molecule has 0 saturated carbocycles. The topological polar surface area (TPSA) is 98.0 Å². The summed E-state index contributed by atoms with van der Waals surface area (Å²) >= 11 is 5.73. The maximum Gasteiger partial charge on any atom is 0.323 e. The normalized spacial score (nSPS) is 11.5. The minimum absolute atomic E-state index is 0.0567. The van der Waals surface area contributed by atoms with Gasteiger partial charge < -0.3 is 24.3 Å². The highest BCUT2D eigenvalue weighted by Crippen LogP contribution is 2.28. The third-order valence-corrected chi connectivity index (χ3v) is 6.47. The zero-order chi connectivity index (χ0) is 29.2. The van der Waals surface area contributed by atoms with Crippen molar-refractivity contribution in [3.8, 4) is 11.5 Å². The molecule has 0 aliphatic heterocycles. The van der Waals surface area contributed by atoms with E-state index in [0.717, 1.165) is 27.6 Å². The Hall–Kier alpha value is -4.56. The Kier molecular flexibility index (Phi) is 10.2. The zero-order valence-corrected chi connectivity index (χ0v) is 22.9. The molecule has 0 atom stereocenters. The Bertz CT molecular complexity index is 1580. The van der Waals surface area contributed by atoms with Gasteiger partial charge in [0.25, 0.3) is 0 Å². The molecular weight excluding hydrogens is 549 g/mol. The van der Waals surface area contributed by atoms with Crippen LogP contribution < -0.4 is 9.47 Å². The number of halogens is 2. The maximum atomic E-state index is 13.7. The number of benzene rings is 3. The van der Waals surface area contributed by atoms with Crippen molar-refractivity contribution < 1.29 is 33.7 Å². The summed E-state index contributed by atoms with van der Waals surface area (Å²) in [6, 6.07) is 17.5. The Morgan fingerprint density at radius 2 is 1.68 bits per heavy atom. The fourth-order valence-electron chi connectivity index (χ4n) is 4.37. The molecule has 41 heavy (non-hydrogen) atoms. The Morgan fingerprint density at radius 1 is 0.927 bits per heavy atom. The van der Waals surface area contributed by atoms with E-state index in [2.05, 4.69) is 0 Å². The van der Waals surface area contributed by atoms with Crippen LogP contribution in [0.4, 0.5) is 4.39 Å². The van der Waals surface area contributed by atoms with Gasteiger partial charge in [0.1, 0.15) is 25.5 Å². The average Bonchev–Trinajstić information content (AvgIpc) is 3.28. The van der Waals surface area contributed by atoms with E-state index in [1.54, 1.807) is 29.0 Å². The lowest BCUT2D eigenvalue weighted by molar-refractivity contribution is -0.138. The highest BCUT2D eigenvalue weighted by atomic mass is 35.5. The third kappa shape index (κ3) is 8.46. The summed E-state index contributed by atoms with van der Waals surface area (Å²) < 4.78 is 26.5. The maximum absolute atomic E-state index is 13.7. The smallest absolute Gasteiger partial charge is 0.323 e. The Balaban J connectivity index is 1.37. The van der Waals surface area contributed by atoms with E-state index < -0.39 is 17.8 Å². The van der Waals surface area contributed by atoms with Gasteiger partial charge in [-0.1, -0.05) is 54.1 Å². The van der Waals surface area contributed by atoms with Gasteiger partial charge in [-0.3, -0.25) is 9.59 Å². The lowest BCUT2D eigenvalue weighted by atomic mass is 10.0. The summed E-state index contributed by atoms with van der Waals surface area (Å²) in [5.41, 5.74) is 3.52. The number of nitrogens with zero attached hydrogens (tertiary/aromatic N) is 1. The van der Waals surface area contributed by atoms with Crippen molar-refractivity contribution in [3.05, 3.63) is 107 Å². The second-order valence-corrected chi connectivity index (χ2v) is 9.67. The number of ether oxygens (including phenoxy) is 2. The highest BCUT2D eigenvalue weighted by Gasteiger charge is 2.13. The molecule has 0 amide bonds. The number of carboxylic acids is 2. The SMILES string of the molecule is O=C(O)CCCc1cn(CC(=O)O)c2c(/C=C/c3ccc(OC/C=C/COc4ccc(Cl)cc4F)cc3)cccc12. The molecule has 0 bridgehead atoms. The number of aryl methyl sites for hydroxylation is 1. The van der Waals surface area contributed by atoms with Crippen LogP contribution in [0.15, 0.2) is 79.0 Å². The van der Waals surface area contributed by atoms with Crippen molar-refractivity contribution in [3.63, 3.8) is 0 Å². The van der Waals surface area contributed by atoms with Gasteiger partial charge in [-0.05, 0) is 72.0 Å². The Morgan fingerprint density at radius 3 is 2.39 bits per heavy atom. The van der Waals surface area contributed by atoms with Gasteiger partial charge in [0.15, 0.2) is 11.6 Å². The molecule has 0 spiro atoms. The Labute approximate surface area is 241 Å². The van der Waals surface area contributed by atoms with E-state index in [0.29, 0.717) is 30.2 Å². The molecule has 7 nitrogen and oxygen atoms in total. The molecule has 9 heteroatoms. The van der Waals surface area contributed by atoms with Crippen molar-refractivity contribution in [1.29, 1.82) is 0 Å². The molecule has 0 fully saturated rings. The van der Waals surface area contributed by atoms with Crippen LogP contribution in [0.2, 0.25) is 5.02 Å². The molecule has 4 aromatic rings. The van der Waals surface area contributed by atoms with Gasteiger partial charge in [-0.2, -0.15) is 0 Å². The molecule has 0 radical (unpaired) electrons. The number of aromatic nitrogens is 1. The van der Waals surface area contributed by atoms with Crippen molar-refractivity contribution in [2.24, 2.45) is 0 Å². The van der Waals surface area contributed by atoms with Gasteiger partial charge >= 0.3 is 11.9 Å². The number of hydrogen-bond donors (Lipinski definition) is 2. The van der Waals surface area contributed by atoms with Gasteiger partial charge in [-0.15, -0.1) is 0 Å². The molecular formula is C32H29ClFNO6. The van der Waals surface area contributed by atoms with Gasteiger partial charge in [-0.25, -0.2) is 4.39 Å². The van der Waals surface area contributed by atoms with Crippen LogP contribution in [0.5, 0.6) is 11.5 Å². The predicted molar refractivity (Wildman–Crippen MR) is 157 cm³/mol. The number of carboxylic acid groups (broad SMARTS) is 2. The second kappa shape index (κ2) is 14.2. The number of fused-ring (bicyclic) bond motifs is 1. The van der Waals surface area contributed by atoms with Gasteiger partial charge in [0.05, 0.1) is 5.52 Å². The van der Waals surface area contributed by atoms with E-state index in [1.165, 1.54) is 12.1 Å². The summed E-state index contributed by atoms with van der Waals surface area (Å²) in [7, 11) is 0. The molecule has 4 rings (SSSR count). The first kappa shape index (κ1) is 29.4. The largest absolute Gasteiger partial charge is 0.490 e. The van der Waals surface area contributed by atoms with Crippen LogP contribution in [0.1, 0.15) is 29.5 Å². The summed E-state index contributed by atoms with van der Waals surface area (Å²) in [5.74, 6) is -1.51. The lowest BCUT2D eigenvalue weighted by Crippen LogP contribution is -2.07. The van der Waals surface area contributed by atoms with Crippen molar-refractivity contribution >= 4 is 46.6 Å². The summed E-state index contributed by atoms with van der Waals surface area (Å²) in [6.45, 7) is 0.321. The molecule has 1 heterocycles. The molecule has 0 saturated heterocycles. The average molecular weight is 578 g/mol. The summed E-state index contributed by atoms with van der Waals surface area (Å²) in [6.07, 6.45) is 10.3. The zero-order valence-electron chi connectivity index (χ0n) is 22.1. The van der Waals surface area contributed by atoms with Crippen molar-refractivity contribution in [2.75, 3.05) is 13.2 Å². The quantitative estimate of drug-likeness (QED) is 0.122. The number of para-hydroxylation sites is 1. The molecule has 0 aliphatic carbocycles. The fraction of sp³-hybridized carbons (Fsp3) is 0.188. The number of hydrogen-bond acceptors (Lipinski definition) is 4. The minimum Gasteiger partial charge on any atom is -0.490 e. The second-order valence-electron chi connectivity index (χ2n) is 9.24. The van der Waals surface area contributed by atoms with Crippen LogP contribution in [0.3, 0.4) is 0 Å². The van der Waals surface area contributed by atoms with Crippen LogP contribution in [-0.4, -0.2) is 39.9 Å². The monoisotopic (exact) mass is 577 g/mol. The van der Waals surface area contributed by atoms with E-state index in [-0.39, 0.29) is 25.3 Å². The number of carbonyl (C=O) groups is 2. The van der Waals surface area contributed by atoms with Crippen LogP contribution in [-0.2, 0) is 22.6 Å². The van der Waals surface area contributed by atoms with E-state index in [9.17, 15) is 19.1 Å². The van der Waals surface area contributed by atoms with Gasteiger partial charge in [0, 0.05) is 23.0 Å². The summed E-state index contributed by atoms with van der Waals surface area (Å²) in [5, 5.41) is 19.6. The molecule has 3 aromatic carbocycles. The minimum atomic E-state index is -0.953. The van der Waals surface area contributed by atoms with E-state index >= 15 is 0 Å². The van der Waals surface area contributed by atoms with Crippen LogP contribution >= 0.6 is 11.6 Å². The molecule has 212 valence electrons. The lowest BCUT2D eigenvalue weighted by Gasteiger charge is -2.06.